The van der Waals surface area contributed by atoms with Crippen LogP contribution < -0.4 is 5.32 Å². The second kappa shape index (κ2) is 8.67. The summed E-state index contributed by atoms with van der Waals surface area (Å²) in [6.07, 6.45) is -0.183. The number of thioether (sulfide) groups is 1. The van der Waals surface area contributed by atoms with Gasteiger partial charge in [-0.25, -0.2) is 0 Å². The first-order valence-electron chi connectivity index (χ1n) is 8.24. The maximum absolute atomic E-state index is 12.6. The van der Waals surface area contributed by atoms with E-state index in [2.05, 4.69) is 20.3 Å². The van der Waals surface area contributed by atoms with Gasteiger partial charge in [-0.3, -0.25) is 14.4 Å². The number of carbonyl (C=O) groups excluding carboxylic acids is 3. The van der Waals surface area contributed by atoms with E-state index < -0.39 is 12.0 Å². The normalized spacial score (nSPS) is 16.7. The maximum atomic E-state index is 12.6. The molecule has 1 saturated heterocycles. The molecule has 0 bridgehead atoms. The Hall–Kier alpha value is -2.88. The van der Waals surface area contributed by atoms with E-state index in [1.807, 2.05) is 30.3 Å². The van der Waals surface area contributed by atoms with Crippen LogP contribution in [0, 0.1) is 0 Å². The predicted octanol–water partition coefficient (Wildman–Crippen LogP) is 0.719. The summed E-state index contributed by atoms with van der Waals surface area (Å²) >= 11 is 1.09. The number of nitrogens with one attached hydrogen (secondary N) is 1. The number of nitrogens with zero attached hydrogens (tertiary/aromatic N) is 3. The topological polar surface area (TPSA) is 115 Å². The lowest BCUT2D eigenvalue weighted by atomic mass is 10.1. The molecule has 1 aliphatic rings. The molecule has 1 aromatic heterocycles. The number of rotatable bonds is 6. The maximum Gasteiger partial charge on any atom is 0.308 e. The SMILES string of the molecule is COC(=O)C[C@@H]1C(=O)NCCN1C(=O)CSc1nnc(-c2ccccc2)o1. The largest absolute Gasteiger partial charge is 0.469 e. The van der Waals surface area contributed by atoms with E-state index in [0.29, 0.717) is 19.0 Å². The standard InChI is InChI=1S/C17H18N4O5S/c1-25-14(23)9-12-15(24)18-7-8-21(12)13(22)10-27-17-20-19-16(26-17)11-5-3-2-4-6-11/h2-6,12H,7-10H2,1H3,(H,18,24)/t12-/m1/s1. The lowest BCUT2D eigenvalue weighted by molar-refractivity contribution is -0.149. The Balaban J connectivity index is 1.61. The number of hydrogen-bond donors (Lipinski definition) is 1. The van der Waals surface area contributed by atoms with Crippen molar-refractivity contribution < 1.29 is 23.5 Å². The van der Waals surface area contributed by atoms with Crippen molar-refractivity contribution in [3.8, 4) is 11.5 Å². The number of benzene rings is 1. The van der Waals surface area contributed by atoms with E-state index in [4.69, 9.17) is 4.42 Å². The number of hydrogen-bond acceptors (Lipinski definition) is 8. The number of amides is 2. The average Bonchev–Trinajstić information content (AvgIpc) is 3.17. The summed E-state index contributed by atoms with van der Waals surface area (Å²) in [4.78, 5) is 37.5. The second-order valence-corrected chi connectivity index (χ2v) is 6.63. The van der Waals surface area contributed by atoms with E-state index in [1.165, 1.54) is 12.0 Å². The molecule has 0 saturated carbocycles. The van der Waals surface area contributed by atoms with Crippen molar-refractivity contribution in [3.05, 3.63) is 30.3 Å². The van der Waals surface area contributed by atoms with Gasteiger partial charge in [0.15, 0.2) is 0 Å². The summed E-state index contributed by atoms with van der Waals surface area (Å²) in [5.41, 5.74) is 0.786. The van der Waals surface area contributed by atoms with Crippen LogP contribution >= 0.6 is 11.8 Å². The van der Waals surface area contributed by atoms with Crippen LogP contribution in [-0.4, -0.2) is 64.9 Å². The molecule has 0 spiro atoms. The van der Waals surface area contributed by atoms with Crippen molar-refractivity contribution in [2.75, 3.05) is 26.0 Å². The predicted molar refractivity (Wildman–Crippen MR) is 95.6 cm³/mol. The van der Waals surface area contributed by atoms with Gasteiger partial charge in [-0.05, 0) is 12.1 Å². The fraction of sp³-hybridized carbons (Fsp3) is 0.353. The van der Waals surface area contributed by atoms with Crippen LogP contribution in [0.3, 0.4) is 0 Å². The fourth-order valence-electron chi connectivity index (χ4n) is 2.63. The zero-order valence-electron chi connectivity index (χ0n) is 14.6. The van der Waals surface area contributed by atoms with Gasteiger partial charge in [0, 0.05) is 18.7 Å². The van der Waals surface area contributed by atoms with Crippen molar-refractivity contribution in [1.82, 2.24) is 20.4 Å². The summed E-state index contributed by atoms with van der Waals surface area (Å²) in [5.74, 6) is -0.822. The summed E-state index contributed by atoms with van der Waals surface area (Å²) in [6, 6.07) is 8.42. The second-order valence-electron chi connectivity index (χ2n) is 5.70. The zero-order valence-corrected chi connectivity index (χ0v) is 15.4. The zero-order chi connectivity index (χ0) is 19.2. The van der Waals surface area contributed by atoms with Gasteiger partial charge in [0.1, 0.15) is 6.04 Å². The Morgan fingerprint density at radius 2 is 2.11 bits per heavy atom. The Morgan fingerprint density at radius 3 is 2.85 bits per heavy atom. The molecule has 0 aliphatic carbocycles. The van der Waals surface area contributed by atoms with Gasteiger partial charge in [0.2, 0.25) is 17.7 Å². The lowest BCUT2D eigenvalue weighted by Crippen LogP contribution is -2.58. The quantitative estimate of drug-likeness (QED) is 0.567. The molecule has 2 heterocycles. The number of piperazine rings is 1. The highest BCUT2D eigenvalue weighted by atomic mass is 32.2. The van der Waals surface area contributed by atoms with Crippen LogP contribution in [0.4, 0.5) is 0 Å². The summed E-state index contributed by atoms with van der Waals surface area (Å²) < 4.78 is 10.2. The molecule has 2 amide bonds. The van der Waals surface area contributed by atoms with Gasteiger partial charge in [0.25, 0.3) is 5.22 Å². The van der Waals surface area contributed by atoms with E-state index >= 15 is 0 Å². The number of methoxy groups -OCH3 is 1. The molecule has 1 fully saturated rings. The number of aromatic nitrogens is 2. The Kier molecular flexibility index (Phi) is 6.07. The first-order chi connectivity index (χ1) is 13.1. The van der Waals surface area contributed by atoms with Gasteiger partial charge in [-0.1, -0.05) is 30.0 Å². The van der Waals surface area contributed by atoms with Gasteiger partial charge >= 0.3 is 5.97 Å². The van der Waals surface area contributed by atoms with Crippen LogP contribution in [0.2, 0.25) is 0 Å². The minimum absolute atomic E-state index is 0.0153. The van der Waals surface area contributed by atoms with Crippen molar-refractivity contribution in [1.29, 1.82) is 0 Å². The fourth-order valence-corrected chi connectivity index (χ4v) is 3.28. The van der Waals surface area contributed by atoms with Gasteiger partial charge < -0.3 is 19.4 Å². The van der Waals surface area contributed by atoms with Crippen LogP contribution in [-0.2, 0) is 19.1 Å². The van der Waals surface area contributed by atoms with Crippen molar-refractivity contribution in [2.24, 2.45) is 0 Å². The van der Waals surface area contributed by atoms with E-state index in [9.17, 15) is 14.4 Å². The minimum Gasteiger partial charge on any atom is -0.469 e. The van der Waals surface area contributed by atoms with E-state index in [1.54, 1.807) is 0 Å². The molecule has 1 aliphatic heterocycles. The van der Waals surface area contributed by atoms with Crippen LogP contribution in [0.1, 0.15) is 6.42 Å². The number of esters is 1. The third kappa shape index (κ3) is 4.64. The Bertz CT molecular complexity index is 826. The van der Waals surface area contributed by atoms with Crippen LogP contribution in [0.5, 0.6) is 0 Å². The molecule has 142 valence electrons. The number of ether oxygens (including phenoxy) is 1. The average molecular weight is 390 g/mol. The first-order valence-corrected chi connectivity index (χ1v) is 9.22. The highest BCUT2D eigenvalue weighted by Crippen LogP contribution is 2.23. The monoisotopic (exact) mass is 390 g/mol. The summed E-state index contributed by atoms with van der Waals surface area (Å²) in [7, 11) is 1.24. The molecule has 27 heavy (non-hydrogen) atoms. The van der Waals surface area contributed by atoms with Crippen LogP contribution in [0.25, 0.3) is 11.5 Å². The Morgan fingerprint density at radius 1 is 1.33 bits per heavy atom. The third-order valence-electron chi connectivity index (χ3n) is 3.99. The molecule has 10 heteroatoms. The van der Waals surface area contributed by atoms with Crippen molar-refractivity contribution >= 4 is 29.5 Å². The smallest absolute Gasteiger partial charge is 0.308 e. The lowest BCUT2D eigenvalue weighted by Gasteiger charge is -2.34. The van der Waals surface area contributed by atoms with E-state index in [0.717, 1.165) is 17.3 Å². The molecule has 3 rings (SSSR count). The van der Waals surface area contributed by atoms with Crippen molar-refractivity contribution in [2.45, 2.75) is 17.7 Å². The summed E-state index contributed by atoms with van der Waals surface area (Å²) in [6.45, 7) is 0.664. The first kappa shape index (κ1) is 18.9. The number of carbonyl (C=O) groups is 3. The molecule has 0 radical (unpaired) electrons. The highest BCUT2D eigenvalue weighted by molar-refractivity contribution is 7.99. The van der Waals surface area contributed by atoms with Gasteiger partial charge in [0.05, 0.1) is 19.3 Å². The van der Waals surface area contributed by atoms with Crippen LogP contribution in [0.15, 0.2) is 40.0 Å². The van der Waals surface area contributed by atoms with Crippen molar-refractivity contribution in [3.63, 3.8) is 0 Å². The minimum atomic E-state index is -0.873. The molecular formula is C17H18N4O5S. The van der Waals surface area contributed by atoms with Gasteiger partial charge in [-0.15, -0.1) is 10.2 Å². The van der Waals surface area contributed by atoms with E-state index in [-0.39, 0.29) is 29.2 Å². The molecule has 1 aromatic carbocycles. The molecule has 9 nitrogen and oxygen atoms in total. The molecular weight excluding hydrogens is 372 g/mol. The van der Waals surface area contributed by atoms with Gasteiger partial charge in [-0.2, -0.15) is 0 Å². The Labute approximate surface area is 159 Å². The highest BCUT2D eigenvalue weighted by Gasteiger charge is 2.35. The third-order valence-corrected chi connectivity index (χ3v) is 4.79. The summed E-state index contributed by atoms with van der Waals surface area (Å²) in [5, 5.41) is 10.8. The molecule has 1 N–H and O–H groups in total. The molecule has 1 atom stereocenters. The molecule has 2 aromatic rings. The molecule has 0 unspecified atom stereocenters.